The lowest BCUT2D eigenvalue weighted by molar-refractivity contribution is -0.870. The molecule has 78 heavy (non-hydrogen) atoms. The Kier molecular flexibility index (Phi) is 58.2. The summed E-state index contributed by atoms with van der Waals surface area (Å²) < 4.78 is 22.7. The van der Waals surface area contributed by atoms with Crippen molar-refractivity contribution < 1.29 is 42.9 Å². The van der Waals surface area contributed by atoms with E-state index < -0.39 is 24.3 Å². The number of carbonyl (C=O) groups is 3. The van der Waals surface area contributed by atoms with Crippen LogP contribution in [0.4, 0.5) is 0 Å². The van der Waals surface area contributed by atoms with E-state index in [0.29, 0.717) is 23.9 Å². The normalized spacial score (nSPS) is 13.0. The molecule has 0 aromatic rings. The number of carboxylic acids is 1. The van der Waals surface area contributed by atoms with Crippen LogP contribution in [-0.2, 0) is 33.3 Å². The van der Waals surface area contributed by atoms with Crippen molar-refractivity contribution in [3.8, 4) is 0 Å². The highest BCUT2D eigenvalue weighted by atomic mass is 16.7. The average molecular weight is 1100 g/mol. The molecule has 0 rings (SSSR count). The van der Waals surface area contributed by atoms with E-state index in [1.54, 1.807) is 0 Å². The number of likely N-dealkylation sites (N-methyl/N-ethyl adjacent to an activating group) is 1. The molecule has 0 heterocycles. The summed E-state index contributed by atoms with van der Waals surface area (Å²) in [6.45, 7) is 4.66. The number of hydrogen-bond acceptors (Lipinski definition) is 8. The summed E-state index contributed by atoms with van der Waals surface area (Å²) in [6.07, 6.45) is 73.5. The van der Waals surface area contributed by atoms with Crippen LogP contribution in [0, 0.1) is 0 Å². The predicted octanol–water partition coefficient (Wildman–Crippen LogP) is 18.9. The Morgan fingerprint density at radius 2 is 0.731 bits per heavy atom. The van der Waals surface area contributed by atoms with E-state index >= 15 is 0 Å². The van der Waals surface area contributed by atoms with Crippen LogP contribution in [0.2, 0.25) is 0 Å². The minimum absolute atomic E-state index is 0.145. The number of hydrogen-bond donors (Lipinski definition) is 0. The second-order valence-corrected chi connectivity index (χ2v) is 23.7. The van der Waals surface area contributed by atoms with Gasteiger partial charge in [0, 0.05) is 12.8 Å². The summed E-state index contributed by atoms with van der Waals surface area (Å²) in [5, 5.41) is 11.8. The molecule has 0 aromatic carbocycles. The van der Waals surface area contributed by atoms with Crippen LogP contribution in [0.15, 0.2) is 48.6 Å². The van der Waals surface area contributed by atoms with Crippen LogP contribution >= 0.6 is 0 Å². The number of ether oxygens (including phenoxy) is 4. The zero-order valence-corrected chi connectivity index (χ0v) is 52.0. The number of carbonyl (C=O) groups excluding carboxylic acids is 3. The number of allylic oxidation sites excluding steroid dienone is 8. The summed E-state index contributed by atoms with van der Waals surface area (Å²) in [7, 11) is 5.92. The number of carboxylic acid groups (broad SMARTS) is 1. The molecule has 0 radical (unpaired) electrons. The highest BCUT2D eigenvalue weighted by molar-refractivity contribution is 5.70. The Bertz CT molecular complexity index is 1420. The van der Waals surface area contributed by atoms with Gasteiger partial charge in [-0.15, -0.1) is 0 Å². The highest BCUT2D eigenvalue weighted by Gasteiger charge is 2.22. The monoisotopic (exact) mass is 1100 g/mol. The molecule has 0 bridgehead atoms. The van der Waals surface area contributed by atoms with Gasteiger partial charge in [0.25, 0.3) is 0 Å². The molecule has 456 valence electrons. The Balaban J connectivity index is 4.03. The van der Waals surface area contributed by atoms with Crippen molar-refractivity contribution in [3.63, 3.8) is 0 Å². The van der Waals surface area contributed by atoms with Crippen molar-refractivity contribution in [2.75, 3.05) is 47.5 Å². The van der Waals surface area contributed by atoms with Gasteiger partial charge in [-0.2, -0.15) is 0 Å². The van der Waals surface area contributed by atoms with Crippen molar-refractivity contribution in [1.82, 2.24) is 0 Å². The van der Waals surface area contributed by atoms with E-state index in [-0.39, 0.29) is 32.2 Å². The second kappa shape index (κ2) is 60.3. The van der Waals surface area contributed by atoms with Gasteiger partial charge in [-0.3, -0.25) is 9.59 Å². The van der Waals surface area contributed by atoms with Crippen LogP contribution in [0.3, 0.4) is 0 Å². The number of rotatable bonds is 62. The Morgan fingerprint density at radius 3 is 1.09 bits per heavy atom. The van der Waals surface area contributed by atoms with Crippen LogP contribution in [0.1, 0.15) is 316 Å². The van der Waals surface area contributed by atoms with E-state index in [2.05, 4.69) is 62.5 Å². The average Bonchev–Trinajstić information content (AvgIpc) is 3.41. The van der Waals surface area contributed by atoms with Gasteiger partial charge in [0.2, 0.25) is 0 Å². The van der Waals surface area contributed by atoms with E-state index in [1.165, 1.54) is 199 Å². The van der Waals surface area contributed by atoms with Gasteiger partial charge in [-0.05, 0) is 51.4 Å². The van der Waals surface area contributed by atoms with Crippen LogP contribution in [-0.4, -0.2) is 82.3 Å². The first-order chi connectivity index (χ1) is 38.1. The highest BCUT2D eigenvalue weighted by Crippen LogP contribution is 2.18. The predicted molar refractivity (Wildman–Crippen MR) is 329 cm³/mol. The van der Waals surface area contributed by atoms with E-state index in [1.807, 2.05) is 21.1 Å². The van der Waals surface area contributed by atoms with Gasteiger partial charge in [-0.1, -0.05) is 300 Å². The summed E-state index contributed by atoms with van der Waals surface area (Å²) >= 11 is 0. The largest absolute Gasteiger partial charge is 0.545 e. The van der Waals surface area contributed by atoms with Crippen molar-refractivity contribution in [2.24, 2.45) is 0 Å². The van der Waals surface area contributed by atoms with E-state index in [9.17, 15) is 19.5 Å². The molecule has 0 aliphatic heterocycles. The molecule has 2 unspecified atom stereocenters. The zero-order chi connectivity index (χ0) is 56.9. The number of nitrogens with zero attached hydrogens (tertiary/aromatic N) is 1. The maximum absolute atomic E-state index is 12.9. The lowest BCUT2D eigenvalue weighted by Gasteiger charge is -2.26. The quantitative estimate of drug-likeness (QED) is 0.0195. The Morgan fingerprint density at radius 1 is 0.397 bits per heavy atom. The van der Waals surface area contributed by atoms with Crippen molar-refractivity contribution >= 4 is 17.9 Å². The fourth-order valence-electron chi connectivity index (χ4n) is 9.77. The van der Waals surface area contributed by atoms with E-state index in [0.717, 1.165) is 83.5 Å². The van der Waals surface area contributed by atoms with Crippen LogP contribution in [0.25, 0.3) is 0 Å². The van der Waals surface area contributed by atoms with Crippen LogP contribution < -0.4 is 5.11 Å². The maximum Gasteiger partial charge on any atom is 0.306 e. The first-order valence-electron chi connectivity index (χ1n) is 33.3. The third kappa shape index (κ3) is 60.9. The van der Waals surface area contributed by atoms with Gasteiger partial charge in [-0.25, -0.2) is 0 Å². The number of aliphatic carboxylic acids is 1. The number of quaternary nitrogens is 1. The standard InChI is InChI=1S/C69H127NO8/c1-6-8-10-12-14-16-18-20-22-24-26-27-28-29-30-31-32-33-34-35-36-37-38-39-40-42-43-45-47-49-51-53-55-57-59-66(71)76-63-65(64-77-69(68(73)74)75-62-61-70(3,4)5)78-67(72)60-58-56-54-52-50-48-46-44-41-25-23-21-19-17-15-13-11-9-7-2/h9,11,15,17,21,23,41,44,65,69H,6-8,10,12-14,16,18-20,22,24-40,42-43,45-64H2,1-5H3/b11-9-,17-15-,23-21-,44-41-. The molecule has 0 N–H and O–H groups in total. The fourth-order valence-corrected chi connectivity index (χ4v) is 9.77. The van der Waals surface area contributed by atoms with Crippen molar-refractivity contribution in [2.45, 2.75) is 328 Å². The number of unbranched alkanes of at least 4 members (excludes halogenated alkanes) is 39. The first kappa shape index (κ1) is 75.2. The third-order valence-corrected chi connectivity index (χ3v) is 14.8. The van der Waals surface area contributed by atoms with Crippen molar-refractivity contribution in [3.05, 3.63) is 48.6 Å². The minimum Gasteiger partial charge on any atom is -0.545 e. The molecule has 0 saturated carbocycles. The van der Waals surface area contributed by atoms with Gasteiger partial charge < -0.3 is 33.3 Å². The number of esters is 2. The molecular weight excluding hydrogens is 971 g/mol. The molecule has 0 aliphatic rings. The lowest BCUT2D eigenvalue weighted by atomic mass is 10.0. The summed E-state index contributed by atoms with van der Waals surface area (Å²) in [5.74, 6) is -2.29. The second-order valence-electron chi connectivity index (χ2n) is 23.7. The summed E-state index contributed by atoms with van der Waals surface area (Å²) in [5.41, 5.74) is 0. The van der Waals surface area contributed by atoms with Gasteiger partial charge >= 0.3 is 11.9 Å². The summed E-state index contributed by atoms with van der Waals surface area (Å²) in [4.78, 5) is 37.4. The molecule has 0 saturated heterocycles. The smallest absolute Gasteiger partial charge is 0.306 e. The molecule has 9 heteroatoms. The van der Waals surface area contributed by atoms with Gasteiger partial charge in [0.15, 0.2) is 12.4 Å². The minimum atomic E-state index is -1.63. The molecule has 0 amide bonds. The topological polar surface area (TPSA) is 111 Å². The SMILES string of the molecule is CC/C=C\C/C=C\C/C=C\C/C=C\CCCCCCCCC(=O)OC(COC(=O)CCCCCCCCCCCCCCCCCCCCCCCCCCCCCCCCCCCC)COC(OCC[N+](C)(C)C)C(=O)[O-]. The van der Waals surface area contributed by atoms with Gasteiger partial charge in [0.1, 0.15) is 13.2 Å². The molecular formula is C69H127NO8. The van der Waals surface area contributed by atoms with Gasteiger partial charge in [0.05, 0.1) is 40.3 Å². The molecule has 0 aromatic heterocycles. The zero-order valence-electron chi connectivity index (χ0n) is 52.0. The molecule has 2 atom stereocenters. The molecule has 0 spiro atoms. The third-order valence-electron chi connectivity index (χ3n) is 14.8. The Hall–Kier alpha value is -2.75. The molecule has 0 fully saturated rings. The molecule has 9 nitrogen and oxygen atoms in total. The van der Waals surface area contributed by atoms with E-state index in [4.69, 9.17) is 18.9 Å². The van der Waals surface area contributed by atoms with Crippen LogP contribution in [0.5, 0.6) is 0 Å². The first-order valence-corrected chi connectivity index (χ1v) is 33.3. The molecule has 0 aliphatic carbocycles. The Labute approximate surface area is 482 Å². The maximum atomic E-state index is 12.9. The van der Waals surface area contributed by atoms with Crippen molar-refractivity contribution in [1.29, 1.82) is 0 Å². The summed E-state index contributed by atoms with van der Waals surface area (Å²) in [6, 6.07) is 0. The lowest BCUT2D eigenvalue weighted by Crippen LogP contribution is -2.44. The fraction of sp³-hybridized carbons (Fsp3) is 0.841.